The van der Waals surface area contributed by atoms with Crippen LogP contribution in [-0.4, -0.2) is 18.2 Å². The van der Waals surface area contributed by atoms with Gasteiger partial charge in [-0.3, -0.25) is 4.79 Å². The zero-order chi connectivity index (χ0) is 11.0. The van der Waals surface area contributed by atoms with E-state index < -0.39 is 11.8 Å². The van der Waals surface area contributed by atoms with Crippen molar-refractivity contribution < 1.29 is 19.0 Å². The maximum Gasteiger partial charge on any atom is 0.307 e. The Balaban J connectivity index is 2.18. The van der Waals surface area contributed by atoms with Gasteiger partial charge in [0.15, 0.2) is 11.6 Å². The van der Waals surface area contributed by atoms with Crippen LogP contribution in [0.1, 0.15) is 17.9 Å². The van der Waals surface area contributed by atoms with Crippen molar-refractivity contribution in [2.45, 2.75) is 12.3 Å². The molecule has 0 spiro atoms. The summed E-state index contributed by atoms with van der Waals surface area (Å²) in [6.07, 6.45) is 0.598. The van der Waals surface area contributed by atoms with Crippen LogP contribution < -0.4 is 4.74 Å². The van der Waals surface area contributed by atoms with E-state index >= 15 is 0 Å². The third kappa shape index (κ3) is 1.79. The Labute approximate surface area is 86.5 Å². The number of hydrogen-bond acceptors (Lipinski definition) is 2. The van der Waals surface area contributed by atoms with E-state index in [0.29, 0.717) is 6.42 Å². The van der Waals surface area contributed by atoms with Crippen molar-refractivity contribution in [3.8, 4) is 5.75 Å². The lowest BCUT2D eigenvalue weighted by Crippen LogP contribution is -1.99. The van der Waals surface area contributed by atoms with Gasteiger partial charge in [-0.25, -0.2) is 4.39 Å². The summed E-state index contributed by atoms with van der Waals surface area (Å²) in [7, 11) is 1.40. The molecule has 2 atom stereocenters. The van der Waals surface area contributed by atoms with Crippen LogP contribution in [-0.2, 0) is 4.79 Å². The first-order chi connectivity index (χ1) is 7.13. The van der Waals surface area contributed by atoms with Gasteiger partial charge in [0.2, 0.25) is 0 Å². The largest absolute Gasteiger partial charge is 0.494 e. The molecule has 0 bridgehead atoms. The van der Waals surface area contributed by atoms with E-state index in [1.54, 1.807) is 6.07 Å². The minimum absolute atomic E-state index is 0.0390. The summed E-state index contributed by atoms with van der Waals surface area (Å²) < 4.78 is 18.1. The number of carboxylic acid groups (broad SMARTS) is 1. The number of aliphatic carboxylic acids is 1. The van der Waals surface area contributed by atoms with Crippen molar-refractivity contribution in [1.29, 1.82) is 0 Å². The Morgan fingerprint density at radius 1 is 1.60 bits per heavy atom. The number of rotatable bonds is 3. The van der Waals surface area contributed by atoms with Gasteiger partial charge in [-0.1, -0.05) is 6.07 Å². The summed E-state index contributed by atoms with van der Waals surface area (Å²) in [6.45, 7) is 0. The molecule has 1 aromatic rings. The Morgan fingerprint density at radius 3 is 2.80 bits per heavy atom. The monoisotopic (exact) mass is 210 g/mol. The summed E-state index contributed by atoms with van der Waals surface area (Å²) >= 11 is 0. The first-order valence-electron chi connectivity index (χ1n) is 4.69. The van der Waals surface area contributed by atoms with E-state index in [0.717, 1.165) is 5.56 Å². The van der Waals surface area contributed by atoms with Gasteiger partial charge >= 0.3 is 5.97 Å². The zero-order valence-corrected chi connectivity index (χ0v) is 8.24. The number of hydrogen-bond donors (Lipinski definition) is 1. The van der Waals surface area contributed by atoms with Crippen LogP contribution in [0.3, 0.4) is 0 Å². The third-order valence-electron chi connectivity index (χ3n) is 2.71. The fourth-order valence-electron chi connectivity index (χ4n) is 1.75. The van der Waals surface area contributed by atoms with E-state index in [-0.39, 0.29) is 17.6 Å². The highest BCUT2D eigenvalue weighted by atomic mass is 19.1. The van der Waals surface area contributed by atoms with Gasteiger partial charge in [-0.15, -0.1) is 0 Å². The van der Waals surface area contributed by atoms with Gasteiger partial charge in [-0.2, -0.15) is 0 Å². The van der Waals surface area contributed by atoms with Crippen LogP contribution in [0.2, 0.25) is 0 Å². The van der Waals surface area contributed by atoms with E-state index in [9.17, 15) is 9.18 Å². The first-order valence-corrected chi connectivity index (χ1v) is 4.69. The molecule has 80 valence electrons. The Kier molecular flexibility index (Phi) is 2.34. The highest BCUT2D eigenvalue weighted by molar-refractivity contribution is 5.75. The molecular weight excluding hydrogens is 199 g/mol. The molecule has 0 heterocycles. The quantitative estimate of drug-likeness (QED) is 0.830. The maximum absolute atomic E-state index is 13.3. The second-order valence-corrected chi connectivity index (χ2v) is 3.68. The van der Waals surface area contributed by atoms with E-state index in [1.165, 1.54) is 19.2 Å². The lowest BCUT2D eigenvalue weighted by Gasteiger charge is -2.03. The predicted molar refractivity (Wildman–Crippen MR) is 51.4 cm³/mol. The molecule has 2 rings (SSSR count). The number of ether oxygens (including phenoxy) is 1. The first kappa shape index (κ1) is 9.96. The van der Waals surface area contributed by atoms with Crippen LogP contribution in [0.5, 0.6) is 5.75 Å². The molecule has 4 heteroatoms. The molecule has 0 radical (unpaired) electrons. The number of carboxylic acids is 1. The van der Waals surface area contributed by atoms with Crippen LogP contribution >= 0.6 is 0 Å². The molecule has 3 nitrogen and oxygen atoms in total. The van der Waals surface area contributed by atoms with Crippen molar-refractivity contribution in [2.24, 2.45) is 5.92 Å². The van der Waals surface area contributed by atoms with Crippen molar-refractivity contribution in [1.82, 2.24) is 0 Å². The van der Waals surface area contributed by atoms with Crippen molar-refractivity contribution in [3.05, 3.63) is 29.6 Å². The molecule has 1 aliphatic carbocycles. The molecule has 1 N–H and O–H groups in total. The Bertz CT molecular complexity index is 403. The SMILES string of the molecule is COc1ccc([C@@H]2C[C@H]2C(=O)O)cc1F. The molecule has 0 aliphatic heterocycles. The molecule has 1 fully saturated rings. The second-order valence-electron chi connectivity index (χ2n) is 3.68. The number of carbonyl (C=O) groups is 1. The number of methoxy groups -OCH3 is 1. The van der Waals surface area contributed by atoms with Crippen LogP contribution in [0.25, 0.3) is 0 Å². The smallest absolute Gasteiger partial charge is 0.307 e. The zero-order valence-electron chi connectivity index (χ0n) is 8.24. The Morgan fingerprint density at radius 2 is 2.33 bits per heavy atom. The minimum atomic E-state index is -0.809. The molecule has 15 heavy (non-hydrogen) atoms. The summed E-state index contributed by atoms with van der Waals surface area (Å²) in [4.78, 5) is 10.6. The fourth-order valence-corrected chi connectivity index (χ4v) is 1.75. The van der Waals surface area contributed by atoms with Crippen LogP contribution in [0.4, 0.5) is 4.39 Å². The fraction of sp³-hybridized carbons (Fsp3) is 0.364. The molecule has 0 unspecified atom stereocenters. The summed E-state index contributed by atoms with van der Waals surface area (Å²) in [5.74, 6) is -1.45. The van der Waals surface area contributed by atoms with Crippen molar-refractivity contribution >= 4 is 5.97 Å². The van der Waals surface area contributed by atoms with E-state index in [2.05, 4.69) is 0 Å². The van der Waals surface area contributed by atoms with Crippen molar-refractivity contribution in [3.63, 3.8) is 0 Å². The number of halogens is 1. The van der Waals surface area contributed by atoms with Gasteiger partial charge in [0.1, 0.15) is 0 Å². The number of benzene rings is 1. The summed E-state index contributed by atoms with van der Waals surface area (Å²) in [6, 6.07) is 4.60. The van der Waals surface area contributed by atoms with Gasteiger partial charge < -0.3 is 9.84 Å². The van der Waals surface area contributed by atoms with Gasteiger partial charge in [-0.05, 0) is 30.0 Å². The minimum Gasteiger partial charge on any atom is -0.494 e. The highest BCUT2D eigenvalue weighted by Gasteiger charge is 2.44. The molecule has 1 aliphatic rings. The molecule has 0 aromatic heterocycles. The predicted octanol–water partition coefficient (Wildman–Crippen LogP) is 2.02. The van der Waals surface area contributed by atoms with Gasteiger partial charge in [0.05, 0.1) is 13.0 Å². The average molecular weight is 210 g/mol. The third-order valence-corrected chi connectivity index (χ3v) is 2.71. The van der Waals surface area contributed by atoms with E-state index in [1.807, 2.05) is 0 Å². The highest BCUT2D eigenvalue weighted by Crippen LogP contribution is 2.48. The normalized spacial score (nSPS) is 23.6. The van der Waals surface area contributed by atoms with Gasteiger partial charge in [0.25, 0.3) is 0 Å². The lowest BCUT2D eigenvalue weighted by molar-refractivity contribution is -0.138. The molecule has 1 aromatic carbocycles. The molecule has 1 saturated carbocycles. The average Bonchev–Trinajstić information content (AvgIpc) is 2.97. The Hall–Kier alpha value is -1.58. The maximum atomic E-state index is 13.3. The standard InChI is InChI=1S/C11H11FO3/c1-15-10-3-2-6(4-9(10)12)7-5-8(7)11(13)14/h2-4,7-8H,5H2,1H3,(H,13,14)/t7-,8+/m0/s1. The second kappa shape index (κ2) is 3.53. The lowest BCUT2D eigenvalue weighted by atomic mass is 10.1. The molecule has 0 amide bonds. The van der Waals surface area contributed by atoms with Crippen LogP contribution in [0, 0.1) is 11.7 Å². The van der Waals surface area contributed by atoms with Crippen LogP contribution in [0.15, 0.2) is 18.2 Å². The summed E-state index contributed by atoms with van der Waals surface area (Å²) in [5, 5.41) is 8.74. The molecular formula is C11H11FO3. The topological polar surface area (TPSA) is 46.5 Å². The summed E-state index contributed by atoms with van der Waals surface area (Å²) in [5.41, 5.74) is 0.737. The van der Waals surface area contributed by atoms with E-state index in [4.69, 9.17) is 9.84 Å². The van der Waals surface area contributed by atoms with Gasteiger partial charge in [0, 0.05) is 0 Å². The van der Waals surface area contributed by atoms with Crippen molar-refractivity contribution in [2.75, 3.05) is 7.11 Å². The molecule has 0 saturated heterocycles.